The fourth-order valence-corrected chi connectivity index (χ4v) is 4.34. The number of benzene rings is 3. The smallest absolute Gasteiger partial charge is 0.250 e. The Morgan fingerprint density at radius 1 is 1.12 bits per heavy atom. The predicted molar refractivity (Wildman–Crippen MR) is 134 cm³/mol. The summed E-state index contributed by atoms with van der Waals surface area (Å²) >= 11 is 7.75. The number of hydrogen-bond donors (Lipinski definition) is 1. The number of fused-ring (bicyclic) bond motifs is 1. The number of imidazole rings is 1. The van der Waals surface area contributed by atoms with Gasteiger partial charge in [0.1, 0.15) is 5.75 Å². The number of aromatic nitrogens is 2. The zero-order valence-corrected chi connectivity index (χ0v) is 19.9. The molecule has 0 atom stereocenters. The van der Waals surface area contributed by atoms with Crippen molar-refractivity contribution < 1.29 is 9.53 Å². The molecule has 168 valence electrons. The van der Waals surface area contributed by atoms with Crippen LogP contribution in [0.3, 0.4) is 0 Å². The summed E-state index contributed by atoms with van der Waals surface area (Å²) in [6, 6.07) is 23.2. The Balaban J connectivity index is 1.47. The largest absolute Gasteiger partial charge is 0.497 e. The van der Waals surface area contributed by atoms with Crippen molar-refractivity contribution in [3.63, 3.8) is 0 Å². The molecule has 3 aromatic carbocycles. The Hall–Kier alpha value is -3.29. The third-order valence-electron chi connectivity index (χ3n) is 5.07. The van der Waals surface area contributed by atoms with Gasteiger partial charge in [0.2, 0.25) is 0 Å². The Labute approximate surface area is 201 Å². The second kappa shape index (κ2) is 10.6. The molecule has 0 aliphatic carbocycles. The average molecular weight is 479 g/mol. The zero-order chi connectivity index (χ0) is 23.2. The van der Waals surface area contributed by atoms with Gasteiger partial charge in [-0.15, -0.1) is 0 Å². The molecular formula is C25H23ClN4O2S. The maximum absolute atomic E-state index is 12.5. The lowest BCUT2D eigenvalue weighted by Gasteiger charge is -2.10. The van der Waals surface area contributed by atoms with Crippen LogP contribution in [0.5, 0.6) is 5.75 Å². The van der Waals surface area contributed by atoms with Gasteiger partial charge in [-0.3, -0.25) is 4.79 Å². The van der Waals surface area contributed by atoms with Crippen molar-refractivity contribution in [2.45, 2.75) is 18.6 Å². The van der Waals surface area contributed by atoms with E-state index in [0.29, 0.717) is 17.3 Å². The number of carbonyl (C=O) groups is 1. The van der Waals surface area contributed by atoms with E-state index >= 15 is 0 Å². The molecule has 0 fully saturated rings. The standard InChI is InChI=1S/C25H23ClN4O2S/c1-17(18-9-7-10-20(14-18)32-2)28-29-24(31)16-33-25-27-22-12-5-6-13-23(22)30(25)15-19-8-3-4-11-21(19)26/h3-14H,15-16H2,1-2H3,(H,29,31). The molecule has 0 bridgehead atoms. The number of halogens is 1. The minimum Gasteiger partial charge on any atom is -0.497 e. The van der Waals surface area contributed by atoms with Gasteiger partial charge in [-0.2, -0.15) is 5.10 Å². The highest BCUT2D eigenvalue weighted by molar-refractivity contribution is 7.99. The van der Waals surface area contributed by atoms with E-state index in [9.17, 15) is 4.79 Å². The summed E-state index contributed by atoms with van der Waals surface area (Å²) in [7, 11) is 1.61. The number of amides is 1. The molecule has 0 radical (unpaired) electrons. The number of methoxy groups -OCH3 is 1. The summed E-state index contributed by atoms with van der Waals surface area (Å²) in [5.41, 5.74) is 7.06. The number of carbonyl (C=O) groups excluding carboxylic acids is 1. The van der Waals surface area contributed by atoms with Crippen LogP contribution in [0.25, 0.3) is 11.0 Å². The molecule has 1 N–H and O–H groups in total. The van der Waals surface area contributed by atoms with Gasteiger partial charge in [-0.25, -0.2) is 10.4 Å². The Morgan fingerprint density at radius 3 is 2.73 bits per heavy atom. The molecule has 0 unspecified atom stereocenters. The van der Waals surface area contributed by atoms with Crippen molar-refractivity contribution in [1.82, 2.24) is 15.0 Å². The van der Waals surface area contributed by atoms with Crippen LogP contribution < -0.4 is 10.2 Å². The van der Waals surface area contributed by atoms with E-state index in [1.54, 1.807) is 7.11 Å². The molecule has 0 aliphatic heterocycles. The highest BCUT2D eigenvalue weighted by atomic mass is 35.5. The van der Waals surface area contributed by atoms with Crippen molar-refractivity contribution in [3.8, 4) is 5.75 Å². The molecule has 4 rings (SSSR count). The van der Waals surface area contributed by atoms with Crippen LogP contribution in [0.2, 0.25) is 5.02 Å². The maximum Gasteiger partial charge on any atom is 0.250 e. The van der Waals surface area contributed by atoms with Crippen molar-refractivity contribution in [2.24, 2.45) is 5.10 Å². The fourth-order valence-electron chi connectivity index (χ4n) is 3.33. The second-order valence-electron chi connectivity index (χ2n) is 7.31. The molecule has 0 spiro atoms. The number of hydrazone groups is 1. The quantitative estimate of drug-likeness (QED) is 0.210. The van der Waals surface area contributed by atoms with E-state index in [2.05, 4.69) is 15.1 Å². The van der Waals surface area contributed by atoms with Gasteiger partial charge < -0.3 is 9.30 Å². The maximum atomic E-state index is 12.5. The lowest BCUT2D eigenvalue weighted by atomic mass is 10.1. The molecule has 1 heterocycles. The zero-order valence-electron chi connectivity index (χ0n) is 18.3. The van der Waals surface area contributed by atoms with Crippen molar-refractivity contribution >= 4 is 46.0 Å². The topological polar surface area (TPSA) is 68.5 Å². The molecule has 1 aromatic heterocycles. The summed E-state index contributed by atoms with van der Waals surface area (Å²) in [4.78, 5) is 17.2. The van der Waals surface area contributed by atoms with Gasteiger partial charge in [0.25, 0.3) is 5.91 Å². The third kappa shape index (κ3) is 5.56. The van der Waals surface area contributed by atoms with Gasteiger partial charge in [-0.05, 0) is 42.8 Å². The number of hydrogen-bond acceptors (Lipinski definition) is 5. The molecule has 0 saturated carbocycles. The lowest BCUT2D eigenvalue weighted by Crippen LogP contribution is -2.21. The highest BCUT2D eigenvalue weighted by Gasteiger charge is 2.14. The van der Waals surface area contributed by atoms with Crippen LogP contribution in [-0.2, 0) is 11.3 Å². The first-order valence-electron chi connectivity index (χ1n) is 10.3. The van der Waals surface area contributed by atoms with Gasteiger partial charge in [-0.1, -0.05) is 65.8 Å². The summed E-state index contributed by atoms with van der Waals surface area (Å²) < 4.78 is 7.32. The number of ether oxygens (including phenoxy) is 1. The van der Waals surface area contributed by atoms with E-state index in [-0.39, 0.29) is 11.7 Å². The molecular weight excluding hydrogens is 456 g/mol. The first-order valence-corrected chi connectivity index (χ1v) is 11.7. The predicted octanol–water partition coefficient (Wildman–Crippen LogP) is 5.38. The van der Waals surface area contributed by atoms with Crippen LogP contribution in [0.15, 0.2) is 83.1 Å². The van der Waals surface area contributed by atoms with Crippen LogP contribution in [0, 0.1) is 0 Å². The average Bonchev–Trinajstić information content (AvgIpc) is 3.20. The van der Waals surface area contributed by atoms with Crippen LogP contribution >= 0.6 is 23.4 Å². The van der Waals surface area contributed by atoms with E-state index in [1.807, 2.05) is 79.7 Å². The van der Waals surface area contributed by atoms with Crippen molar-refractivity contribution in [2.75, 3.05) is 12.9 Å². The van der Waals surface area contributed by atoms with E-state index < -0.39 is 0 Å². The lowest BCUT2D eigenvalue weighted by molar-refractivity contribution is -0.118. The molecule has 8 heteroatoms. The van der Waals surface area contributed by atoms with E-state index in [0.717, 1.165) is 33.1 Å². The number of rotatable bonds is 8. The van der Waals surface area contributed by atoms with Gasteiger partial charge in [0.15, 0.2) is 5.16 Å². The van der Waals surface area contributed by atoms with Crippen molar-refractivity contribution in [3.05, 3.63) is 88.9 Å². The minimum atomic E-state index is -0.210. The summed E-state index contributed by atoms with van der Waals surface area (Å²) in [6.45, 7) is 2.41. The van der Waals surface area contributed by atoms with Crippen LogP contribution in [0.1, 0.15) is 18.1 Å². The molecule has 33 heavy (non-hydrogen) atoms. The van der Waals surface area contributed by atoms with Crippen LogP contribution in [0.4, 0.5) is 0 Å². The van der Waals surface area contributed by atoms with E-state index in [1.165, 1.54) is 11.8 Å². The SMILES string of the molecule is COc1cccc(C(C)=NNC(=O)CSc2nc3ccccc3n2Cc2ccccc2Cl)c1. The molecule has 0 aliphatic rings. The van der Waals surface area contributed by atoms with Gasteiger partial charge >= 0.3 is 0 Å². The Kier molecular flexibility index (Phi) is 7.32. The normalized spacial score (nSPS) is 11.5. The molecule has 0 saturated heterocycles. The Bertz CT molecular complexity index is 1320. The van der Waals surface area contributed by atoms with E-state index in [4.69, 9.17) is 21.3 Å². The highest BCUT2D eigenvalue weighted by Crippen LogP contribution is 2.27. The van der Waals surface area contributed by atoms with Gasteiger partial charge in [0.05, 0.1) is 36.2 Å². The monoisotopic (exact) mass is 478 g/mol. The Morgan fingerprint density at radius 2 is 1.91 bits per heavy atom. The second-order valence-corrected chi connectivity index (χ2v) is 8.66. The molecule has 1 amide bonds. The number of nitrogens with zero attached hydrogens (tertiary/aromatic N) is 3. The summed E-state index contributed by atoms with van der Waals surface area (Å²) in [6.07, 6.45) is 0. The molecule has 4 aromatic rings. The number of nitrogens with one attached hydrogen (secondary N) is 1. The van der Waals surface area contributed by atoms with Crippen molar-refractivity contribution in [1.29, 1.82) is 0 Å². The summed E-state index contributed by atoms with van der Waals surface area (Å²) in [5, 5.41) is 5.68. The number of para-hydroxylation sites is 2. The summed E-state index contributed by atoms with van der Waals surface area (Å²) in [5.74, 6) is 0.709. The first kappa shape index (κ1) is 22.9. The fraction of sp³-hybridized carbons (Fsp3) is 0.160. The minimum absolute atomic E-state index is 0.181. The van der Waals surface area contributed by atoms with Crippen LogP contribution in [-0.4, -0.2) is 34.0 Å². The first-order chi connectivity index (χ1) is 16.0. The number of thioether (sulfide) groups is 1. The van der Waals surface area contributed by atoms with Gasteiger partial charge in [0, 0.05) is 10.6 Å². The third-order valence-corrected chi connectivity index (χ3v) is 6.42. The molecule has 6 nitrogen and oxygen atoms in total.